The predicted octanol–water partition coefficient (Wildman–Crippen LogP) is 4.39. The Bertz CT molecular complexity index is 929. The van der Waals surface area contributed by atoms with Gasteiger partial charge in [-0.05, 0) is 36.2 Å². The summed E-state index contributed by atoms with van der Waals surface area (Å²) < 4.78 is 38.3. The fraction of sp³-hybridized carbons (Fsp3) is 0.250. The predicted molar refractivity (Wildman–Crippen MR) is 88.1 cm³/mol. The van der Waals surface area contributed by atoms with Crippen LogP contribution >= 0.6 is 0 Å². The molecule has 25 heavy (non-hydrogen) atoms. The molecule has 0 saturated carbocycles. The minimum atomic E-state index is -4.32. The summed E-state index contributed by atoms with van der Waals surface area (Å²) in [4.78, 5) is 3.96. The normalized spacial score (nSPS) is 12.2. The first kappa shape index (κ1) is 16.9. The molecule has 0 aliphatic rings. The first-order chi connectivity index (χ1) is 11.9. The summed E-state index contributed by atoms with van der Waals surface area (Å²) in [7, 11) is 1.61. The van der Waals surface area contributed by atoms with E-state index in [4.69, 9.17) is 0 Å². The molecule has 1 aromatic carbocycles. The van der Waals surface area contributed by atoms with Crippen LogP contribution in [0.4, 0.5) is 24.8 Å². The van der Waals surface area contributed by atoms with E-state index in [9.17, 15) is 13.2 Å². The third-order valence-corrected chi connectivity index (χ3v) is 3.58. The molecule has 9 heteroatoms. The van der Waals surface area contributed by atoms with Crippen LogP contribution in [0.5, 0.6) is 0 Å². The fourth-order valence-electron chi connectivity index (χ4n) is 2.45. The molecular weight excluding hydrogens is 333 g/mol. The maximum Gasteiger partial charge on any atom is 0.405 e. The highest BCUT2D eigenvalue weighted by Gasteiger charge is 2.27. The van der Waals surface area contributed by atoms with Gasteiger partial charge in [0.1, 0.15) is 6.54 Å². The summed E-state index contributed by atoms with van der Waals surface area (Å²) in [6.45, 7) is 0.751. The highest BCUT2D eigenvalue weighted by Crippen LogP contribution is 2.30. The fourth-order valence-corrected chi connectivity index (χ4v) is 2.45. The average Bonchev–Trinajstić information content (AvgIpc) is 2.97. The second kappa shape index (κ2) is 6.50. The number of fused-ring (bicyclic) bond motifs is 1. The summed E-state index contributed by atoms with van der Waals surface area (Å²) in [6, 6.07) is 7.58. The van der Waals surface area contributed by atoms with Gasteiger partial charge in [-0.2, -0.15) is 23.4 Å². The quantitative estimate of drug-likeness (QED) is 0.711. The van der Waals surface area contributed by atoms with Gasteiger partial charge in [0.25, 0.3) is 0 Å². The molecule has 0 amide bonds. The zero-order valence-electron chi connectivity index (χ0n) is 13.5. The first-order valence-corrected chi connectivity index (χ1v) is 7.43. The third-order valence-electron chi connectivity index (χ3n) is 3.58. The largest absolute Gasteiger partial charge is 0.405 e. The molecule has 2 aromatic heterocycles. The van der Waals surface area contributed by atoms with Gasteiger partial charge in [-0.15, -0.1) is 5.10 Å². The number of nitrogens with zero attached hydrogens (tertiary/aromatic N) is 5. The van der Waals surface area contributed by atoms with Crippen molar-refractivity contribution in [1.29, 1.82) is 0 Å². The van der Waals surface area contributed by atoms with E-state index in [0.29, 0.717) is 5.52 Å². The number of aryl methyl sites for hydroxylation is 1. The van der Waals surface area contributed by atoms with E-state index in [1.165, 1.54) is 10.7 Å². The van der Waals surface area contributed by atoms with Crippen LogP contribution in [0, 0.1) is 6.92 Å². The molecule has 0 bridgehead atoms. The van der Waals surface area contributed by atoms with E-state index < -0.39 is 12.7 Å². The number of nitrogens with one attached hydrogen (secondary N) is 1. The lowest BCUT2D eigenvalue weighted by molar-refractivity contribution is -0.115. The molecular formula is C16H15F3N6. The van der Waals surface area contributed by atoms with E-state index in [2.05, 4.69) is 25.6 Å². The summed E-state index contributed by atoms with van der Waals surface area (Å²) >= 11 is 0. The second-order valence-electron chi connectivity index (χ2n) is 5.41. The molecule has 1 N–H and O–H groups in total. The van der Waals surface area contributed by atoms with Gasteiger partial charge >= 0.3 is 6.18 Å². The van der Waals surface area contributed by atoms with E-state index in [-0.39, 0.29) is 5.95 Å². The number of halogens is 3. The summed E-state index contributed by atoms with van der Waals surface area (Å²) in [5.74, 6) is -0.0816. The van der Waals surface area contributed by atoms with Crippen molar-refractivity contribution in [3.8, 4) is 11.1 Å². The Balaban J connectivity index is 1.92. The third kappa shape index (κ3) is 3.76. The van der Waals surface area contributed by atoms with Gasteiger partial charge in [0.2, 0.25) is 5.95 Å². The van der Waals surface area contributed by atoms with Crippen LogP contribution in [0.1, 0.15) is 5.56 Å². The molecule has 0 aliphatic carbocycles. The maximum absolute atomic E-state index is 12.3. The van der Waals surface area contributed by atoms with Crippen molar-refractivity contribution >= 4 is 17.2 Å². The van der Waals surface area contributed by atoms with Crippen molar-refractivity contribution < 1.29 is 13.2 Å². The molecule has 0 saturated heterocycles. The van der Waals surface area contributed by atoms with Crippen molar-refractivity contribution in [3.05, 3.63) is 42.2 Å². The standard InChI is InChI=1S/C16H15F3N6/c1-10-7-11(3-4-13(10)23-20-2)12-5-6-25-14(12)8-21-15(24-25)22-9-16(17,18)19/h3-8H,9H2,1-2H3,(H,22,24). The molecule has 2 heterocycles. The number of alkyl halides is 3. The first-order valence-electron chi connectivity index (χ1n) is 7.43. The molecule has 0 radical (unpaired) electrons. The van der Waals surface area contributed by atoms with Gasteiger partial charge in [-0.1, -0.05) is 6.07 Å². The van der Waals surface area contributed by atoms with Crippen LogP contribution in [-0.4, -0.2) is 34.4 Å². The lowest BCUT2D eigenvalue weighted by Gasteiger charge is -2.08. The van der Waals surface area contributed by atoms with Crippen LogP contribution in [-0.2, 0) is 0 Å². The van der Waals surface area contributed by atoms with Gasteiger partial charge < -0.3 is 5.32 Å². The number of hydrogen-bond acceptors (Lipinski definition) is 5. The molecule has 6 nitrogen and oxygen atoms in total. The van der Waals surface area contributed by atoms with Gasteiger partial charge in [-0.3, -0.25) is 0 Å². The van der Waals surface area contributed by atoms with E-state index >= 15 is 0 Å². The molecule has 0 atom stereocenters. The van der Waals surface area contributed by atoms with Gasteiger partial charge in [0.05, 0.1) is 17.4 Å². The average molecular weight is 348 g/mol. The number of anilines is 1. The number of hydrogen-bond donors (Lipinski definition) is 1. The zero-order valence-corrected chi connectivity index (χ0v) is 13.5. The summed E-state index contributed by atoms with van der Waals surface area (Å²) in [5, 5.41) is 14.0. The van der Waals surface area contributed by atoms with Crippen LogP contribution in [0.3, 0.4) is 0 Å². The lowest BCUT2D eigenvalue weighted by atomic mass is 10.0. The monoisotopic (exact) mass is 348 g/mol. The van der Waals surface area contributed by atoms with Gasteiger partial charge in [0, 0.05) is 18.8 Å². The van der Waals surface area contributed by atoms with Crippen molar-refractivity contribution in [3.63, 3.8) is 0 Å². The van der Waals surface area contributed by atoms with Crippen molar-refractivity contribution in [2.45, 2.75) is 13.1 Å². The lowest BCUT2D eigenvalue weighted by Crippen LogP contribution is -2.22. The van der Waals surface area contributed by atoms with Gasteiger partial charge in [0.15, 0.2) is 0 Å². The Kier molecular flexibility index (Phi) is 4.39. The molecule has 3 aromatic rings. The summed E-state index contributed by atoms with van der Waals surface area (Å²) in [5.41, 5.74) is 4.26. The van der Waals surface area contributed by atoms with Crippen LogP contribution in [0.2, 0.25) is 0 Å². The number of aromatic nitrogens is 3. The Morgan fingerprint density at radius 3 is 2.72 bits per heavy atom. The number of benzene rings is 1. The van der Waals surface area contributed by atoms with Crippen molar-refractivity contribution in [1.82, 2.24) is 14.6 Å². The topological polar surface area (TPSA) is 66.9 Å². The molecule has 3 rings (SSSR count). The Hall–Kier alpha value is -2.97. The second-order valence-corrected chi connectivity index (χ2v) is 5.41. The van der Waals surface area contributed by atoms with Crippen LogP contribution in [0.15, 0.2) is 46.9 Å². The van der Waals surface area contributed by atoms with Gasteiger partial charge in [-0.25, -0.2) is 9.50 Å². The number of rotatable bonds is 4. The molecule has 0 unspecified atom stereocenters. The van der Waals surface area contributed by atoms with E-state index in [1.54, 1.807) is 13.2 Å². The Morgan fingerprint density at radius 2 is 2.04 bits per heavy atom. The molecule has 0 aliphatic heterocycles. The zero-order chi connectivity index (χ0) is 18.0. The van der Waals surface area contributed by atoms with Crippen LogP contribution in [0.25, 0.3) is 16.6 Å². The highest BCUT2D eigenvalue weighted by molar-refractivity contribution is 5.81. The molecule has 0 fully saturated rings. The molecule has 130 valence electrons. The number of azo groups is 1. The molecule has 0 spiro atoms. The minimum absolute atomic E-state index is 0.0816. The van der Waals surface area contributed by atoms with Crippen molar-refractivity contribution in [2.75, 3.05) is 18.9 Å². The van der Waals surface area contributed by atoms with Crippen molar-refractivity contribution in [2.24, 2.45) is 10.2 Å². The van der Waals surface area contributed by atoms with E-state index in [1.807, 2.05) is 31.2 Å². The van der Waals surface area contributed by atoms with E-state index in [0.717, 1.165) is 22.4 Å². The van der Waals surface area contributed by atoms with Crippen LogP contribution < -0.4 is 5.32 Å². The Labute approximate surface area is 141 Å². The highest BCUT2D eigenvalue weighted by atomic mass is 19.4. The SMILES string of the molecule is CN=Nc1ccc(-c2ccn3nc(NCC(F)(F)F)ncc23)cc1C. The minimum Gasteiger partial charge on any atom is -0.344 e. The summed E-state index contributed by atoms with van der Waals surface area (Å²) in [6.07, 6.45) is -1.15. The smallest absolute Gasteiger partial charge is 0.344 e. The Morgan fingerprint density at radius 1 is 1.24 bits per heavy atom. The maximum atomic E-state index is 12.3.